The normalized spacial score (nSPS) is 22.3. The van der Waals surface area contributed by atoms with E-state index in [0.717, 1.165) is 0 Å². The van der Waals surface area contributed by atoms with E-state index in [4.69, 9.17) is 9.47 Å². The van der Waals surface area contributed by atoms with E-state index in [1.807, 2.05) is 27.7 Å². The van der Waals surface area contributed by atoms with Crippen LogP contribution < -0.4 is 0 Å². The summed E-state index contributed by atoms with van der Waals surface area (Å²) < 4.78 is 10.8. The van der Waals surface area contributed by atoms with Crippen molar-refractivity contribution in [1.82, 2.24) is 0 Å². The number of ether oxygens (including phenoxy) is 2. The van der Waals surface area contributed by atoms with E-state index in [9.17, 15) is 9.59 Å². The molecular formula is C16H20N2O4. The largest absolute Gasteiger partial charge is 0.434 e. The fourth-order valence-electron chi connectivity index (χ4n) is 1.90. The fraction of sp³-hybridized carbons (Fsp3) is 0.500. The first-order chi connectivity index (χ1) is 10.4. The van der Waals surface area contributed by atoms with Gasteiger partial charge >= 0.3 is 11.9 Å². The molecule has 118 valence electrons. The van der Waals surface area contributed by atoms with Crippen LogP contribution in [0, 0.1) is 11.8 Å². The molecule has 0 saturated heterocycles. The SMILES string of the molecule is CC(C)C1N=NC(C(C)C)OC(=O)c2ccccc2C(=O)O1. The standard InChI is InChI=1S/C16H20N2O4/c1-9(2)13-17-18-14(10(3)4)22-16(20)12-8-6-5-7-11(12)15(19)21-13/h5-10,13-14H,1-4H3. The summed E-state index contributed by atoms with van der Waals surface area (Å²) in [7, 11) is 0. The second kappa shape index (κ2) is 6.68. The number of nitrogens with zero attached hydrogens (tertiary/aromatic N) is 2. The zero-order valence-corrected chi connectivity index (χ0v) is 13.1. The number of benzene rings is 1. The predicted molar refractivity (Wildman–Crippen MR) is 79.4 cm³/mol. The third kappa shape index (κ3) is 3.50. The zero-order valence-electron chi connectivity index (χ0n) is 13.1. The molecule has 2 unspecified atom stereocenters. The van der Waals surface area contributed by atoms with Gasteiger partial charge in [-0.3, -0.25) is 0 Å². The zero-order chi connectivity index (χ0) is 16.3. The highest BCUT2D eigenvalue weighted by Crippen LogP contribution is 2.21. The molecule has 1 aromatic rings. The molecule has 0 aliphatic carbocycles. The number of fused-ring (bicyclic) bond motifs is 1. The summed E-state index contributed by atoms with van der Waals surface area (Å²) in [5, 5.41) is 8.10. The van der Waals surface area contributed by atoms with Crippen LogP contribution in [0.3, 0.4) is 0 Å². The van der Waals surface area contributed by atoms with Gasteiger partial charge in [0.15, 0.2) is 0 Å². The maximum atomic E-state index is 12.3. The third-order valence-corrected chi connectivity index (χ3v) is 3.26. The minimum Gasteiger partial charge on any atom is -0.434 e. The monoisotopic (exact) mass is 304 g/mol. The molecule has 0 radical (unpaired) electrons. The van der Waals surface area contributed by atoms with Gasteiger partial charge in [-0.25, -0.2) is 9.59 Å². The molecule has 1 aliphatic rings. The summed E-state index contributed by atoms with van der Waals surface area (Å²) in [5.74, 6) is -1.29. The lowest BCUT2D eigenvalue weighted by atomic mass is 10.1. The Balaban J connectivity index is 2.46. The molecule has 0 bridgehead atoms. The van der Waals surface area contributed by atoms with Crippen LogP contribution in [0.15, 0.2) is 34.5 Å². The van der Waals surface area contributed by atoms with Crippen LogP contribution in [0.5, 0.6) is 0 Å². The van der Waals surface area contributed by atoms with E-state index >= 15 is 0 Å². The number of esters is 2. The van der Waals surface area contributed by atoms with E-state index < -0.39 is 24.4 Å². The van der Waals surface area contributed by atoms with Crippen molar-refractivity contribution in [2.45, 2.75) is 40.2 Å². The Kier molecular flexibility index (Phi) is 4.90. The van der Waals surface area contributed by atoms with Crippen LogP contribution in [0.2, 0.25) is 0 Å². The molecule has 22 heavy (non-hydrogen) atoms. The molecule has 2 atom stereocenters. The molecule has 0 aromatic heterocycles. The Morgan fingerprint density at radius 1 is 0.818 bits per heavy atom. The average Bonchev–Trinajstić information content (AvgIpc) is 2.48. The minimum absolute atomic E-state index is 0.0391. The summed E-state index contributed by atoms with van der Waals surface area (Å²) in [6, 6.07) is 6.43. The number of hydrogen-bond acceptors (Lipinski definition) is 6. The van der Waals surface area contributed by atoms with Gasteiger partial charge in [0.25, 0.3) is 0 Å². The Labute approximate surface area is 129 Å². The Morgan fingerprint density at radius 3 is 1.50 bits per heavy atom. The van der Waals surface area contributed by atoms with E-state index in [0.29, 0.717) is 0 Å². The molecule has 1 heterocycles. The van der Waals surface area contributed by atoms with Crippen LogP contribution in [-0.4, -0.2) is 24.4 Å². The highest BCUT2D eigenvalue weighted by atomic mass is 16.6. The van der Waals surface area contributed by atoms with Crippen molar-refractivity contribution in [2.75, 3.05) is 0 Å². The van der Waals surface area contributed by atoms with Gasteiger partial charge in [-0.2, -0.15) is 0 Å². The maximum absolute atomic E-state index is 12.3. The van der Waals surface area contributed by atoms with Gasteiger partial charge in [-0.05, 0) is 12.1 Å². The molecule has 0 N–H and O–H groups in total. The van der Waals surface area contributed by atoms with Gasteiger partial charge in [0.05, 0.1) is 11.1 Å². The van der Waals surface area contributed by atoms with Gasteiger partial charge in [-0.1, -0.05) is 39.8 Å². The molecular weight excluding hydrogens is 284 g/mol. The molecule has 6 nitrogen and oxygen atoms in total. The lowest BCUT2D eigenvalue weighted by Crippen LogP contribution is -2.28. The quantitative estimate of drug-likeness (QED) is 0.784. The lowest BCUT2D eigenvalue weighted by molar-refractivity contribution is 0.00245. The number of hydrogen-bond donors (Lipinski definition) is 0. The fourth-order valence-corrected chi connectivity index (χ4v) is 1.90. The first kappa shape index (κ1) is 16.1. The van der Waals surface area contributed by atoms with Crippen molar-refractivity contribution in [3.63, 3.8) is 0 Å². The molecule has 0 saturated carbocycles. The van der Waals surface area contributed by atoms with Gasteiger partial charge in [0.2, 0.25) is 12.5 Å². The Hall–Kier alpha value is -2.24. The number of azo groups is 1. The van der Waals surface area contributed by atoms with Gasteiger partial charge in [0.1, 0.15) is 0 Å². The second-order valence-electron chi connectivity index (χ2n) is 5.86. The van der Waals surface area contributed by atoms with Gasteiger partial charge in [-0.15, -0.1) is 10.2 Å². The smallest absolute Gasteiger partial charge is 0.341 e. The maximum Gasteiger partial charge on any atom is 0.341 e. The van der Waals surface area contributed by atoms with Gasteiger partial charge < -0.3 is 9.47 Å². The van der Waals surface area contributed by atoms with E-state index in [1.54, 1.807) is 24.3 Å². The molecule has 1 aromatic carbocycles. The number of rotatable bonds is 2. The first-order valence-electron chi connectivity index (χ1n) is 7.31. The van der Waals surface area contributed by atoms with E-state index in [1.165, 1.54) is 0 Å². The summed E-state index contributed by atoms with van der Waals surface area (Å²) in [5.41, 5.74) is 0.357. The van der Waals surface area contributed by atoms with Gasteiger partial charge in [0, 0.05) is 11.8 Å². The van der Waals surface area contributed by atoms with Crippen LogP contribution in [-0.2, 0) is 9.47 Å². The van der Waals surface area contributed by atoms with Crippen molar-refractivity contribution in [3.8, 4) is 0 Å². The molecule has 1 aliphatic heterocycles. The number of cyclic esters (lactones) is 2. The number of carbonyl (C=O) groups excluding carboxylic acids is 2. The minimum atomic E-state index is -0.710. The molecule has 0 spiro atoms. The topological polar surface area (TPSA) is 77.3 Å². The molecule has 6 heteroatoms. The predicted octanol–water partition coefficient (Wildman–Crippen LogP) is 3.43. The number of carbonyl (C=O) groups is 2. The van der Waals surface area contributed by atoms with E-state index in [-0.39, 0.29) is 23.0 Å². The average molecular weight is 304 g/mol. The van der Waals surface area contributed by atoms with Crippen molar-refractivity contribution in [1.29, 1.82) is 0 Å². The van der Waals surface area contributed by atoms with Crippen LogP contribution >= 0.6 is 0 Å². The Morgan fingerprint density at radius 2 is 1.18 bits per heavy atom. The summed E-state index contributed by atoms with van der Waals surface area (Å²) >= 11 is 0. The van der Waals surface area contributed by atoms with Crippen molar-refractivity contribution in [3.05, 3.63) is 35.4 Å². The highest BCUT2D eigenvalue weighted by molar-refractivity contribution is 6.03. The molecule has 0 amide bonds. The summed E-state index contributed by atoms with van der Waals surface area (Å²) in [6.45, 7) is 7.52. The summed E-state index contributed by atoms with van der Waals surface area (Å²) in [6.07, 6.45) is -1.42. The van der Waals surface area contributed by atoms with Crippen molar-refractivity contribution >= 4 is 11.9 Å². The molecule has 0 fully saturated rings. The molecule has 2 rings (SSSR count). The third-order valence-electron chi connectivity index (χ3n) is 3.26. The van der Waals surface area contributed by atoms with Crippen molar-refractivity contribution < 1.29 is 19.1 Å². The van der Waals surface area contributed by atoms with Crippen molar-refractivity contribution in [2.24, 2.45) is 22.1 Å². The first-order valence-corrected chi connectivity index (χ1v) is 7.31. The second-order valence-corrected chi connectivity index (χ2v) is 5.86. The highest BCUT2D eigenvalue weighted by Gasteiger charge is 2.28. The lowest BCUT2D eigenvalue weighted by Gasteiger charge is -2.22. The van der Waals surface area contributed by atoms with Crippen LogP contribution in [0.1, 0.15) is 48.4 Å². The van der Waals surface area contributed by atoms with Crippen LogP contribution in [0.25, 0.3) is 0 Å². The Bertz CT molecular complexity index is 545. The summed E-state index contributed by atoms with van der Waals surface area (Å²) in [4.78, 5) is 24.5. The van der Waals surface area contributed by atoms with Crippen LogP contribution in [0.4, 0.5) is 0 Å². The van der Waals surface area contributed by atoms with E-state index in [2.05, 4.69) is 10.2 Å².